The van der Waals surface area contributed by atoms with E-state index in [9.17, 15) is 0 Å². The zero-order valence-electron chi connectivity index (χ0n) is 11.4. The zero-order chi connectivity index (χ0) is 13.2. The van der Waals surface area contributed by atoms with Crippen LogP contribution in [0.1, 0.15) is 32.4 Å². The quantitative estimate of drug-likeness (QED) is 0.697. The van der Waals surface area contributed by atoms with E-state index in [0.29, 0.717) is 6.54 Å². The van der Waals surface area contributed by atoms with E-state index < -0.39 is 0 Å². The first-order valence-corrected chi connectivity index (χ1v) is 6.68. The molecule has 18 heavy (non-hydrogen) atoms. The van der Waals surface area contributed by atoms with Gasteiger partial charge in [0, 0.05) is 19.6 Å². The number of nitrogens with zero attached hydrogens (tertiary/aromatic N) is 3. The fourth-order valence-electron chi connectivity index (χ4n) is 1.73. The second-order valence-electron chi connectivity index (χ2n) is 4.28. The molecule has 0 atom stereocenters. The predicted octanol–water partition coefficient (Wildman–Crippen LogP) is 1.50. The predicted molar refractivity (Wildman–Crippen MR) is 73.5 cm³/mol. The maximum atomic E-state index is 9.04. The number of rotatable bonds is 9. The van der Waals surface area contributed by atoms with Crippen LogP contribution in [0.15, 0.2) is 12.4 Å². The van der Waals surface area contributed by atoms with Crippen molar-refractivity contribution in [3.8, 4) is 0 Å². The largest absolute Gasteiger partial charge is 0.395 e. The van der Waals surface area contributed by atoms with E-state index in [2.05, 4.69) is 27.1 Å². The molecule has 2 N–H and O–H groups in total. The third-order valence-electron chi connectivity index (χ3n) is 2.69. The summed E-state index contributed by atoms with van der Waals surface area (Å²) in [4.78, 5) is 10.9. The average molecular weight is 252 g/mol. The van der Waals surface area contributed by atoms with Gasteiger partial charge in [0.1, 0.15) is 5.82 Å². The zero-order valence-corrected chi connectivity index (χ0v) is 11.4. The fraction of sp³-hybridized carbons (Fsp3) is 0.692. The summed E-state index contributed by atoms with van der Waals surface area (Å²) in [6.45, 7) is 7.67. The topological polar surface area (TPSA) is 61.3 Å². The molecule has 0 unspecified atom stereocenters. The van der Waals surface area contributed by atoms with Crippen molar-refractivity contribution in [2.24, 2.45) is 0 Å². The van der Waals surface area contributed by atoms with Crippen molar-refractivity contribution < 1.29 is 5.11 Å². The van der Waals surface area contributed by atoms with Crippen molar-refractivity contribution in [1.29, 1.82) is 0 Å². The Labute approximate surface area is 109 Å². The van der Waals surface area contributed by atoms with Crippen LogP contribution >= 0.6 is 0 Å². The van der Waals surface area contributed by atoms with E-state index in [1.165, 1.54) is 0 Å². The van der Waals surface area contributed by atoms with Gasteiger partial charge in [-0.2, -0.15) is 0 Å². The highest BCUT2D eigenvalue weighted by atomic mass is 16.3. The summed E-state index contributed by atoms with van der Waals surface area (Å²) in [6, 6.07) is 0. The van der Waals surface area contributed by atoms with Crippen LogP contribution in [-0.4, -0.2) is 46.2 Å². The molecule has 0 amide bonds. The van der Waals surface area contributed by atoms with Crippen molar-refractivity contribution in [3.63, 3.8) is 0 Å². The maximum absolute atomic E-state index is 9.04. The van der Waals surface area contributed by atoms with Gasteiger partial charge >= 0.3 is 0 Å². The Kier molecular flexibility index (Phi) is 7.29. The molecule has 0 fully saturated rings. The first-order chi connectivity index (χ1) is 8.80. The van der Waals surface area contributed by atoms with Crippen LogP contribution in [0.5, 0.6) is 0 Å². The van der Waals surface area contributed by atoms with Crippen molar-refractivity contribution in [2.75, 3.05) is 31.6 Å². The minimum absolute atomic E-state index is 0.187. The Morgan fingerprint density at radius 2 is 2.06 bits per heavy atom. The lowest BCUT2D eigenvalue weighted by Crippen LogP contribution is -2.28. The van der Waals surface area contributed by atoms with Gasteiger partial charge in [-0.15, -0.1) is 0 Å². The van der Waals surface area contributed by atoms with Gasteiger partial charge in [-0.1, -0.05) is 13.3 Å². The Morgan fingerprint density at radius 3 is 2.61 bits per heavy atom. The molecule has 0 aliphatic carbocycles. The van der Waals surface area contributed by atoms with E-state index in [1.54, 1.807) is 12.4 Å². The van der Waals surface area contributed by atoms with Crippen LogP contribution in [0.2, 0.25) is 0 Å². The van der Waals surface area contributed by atoms with E-state index >= 15 is 0 Å². The SMILES string of the molecule is CCCCN(CCO)Cc1cnc(NCC)cn1. The third kappa shape index (κ3) is 5.42. The molecule has 102 valence electrons. The fourth-order valence-corrected chi connectivity index (χ4v) is 1.73. The third-order valence-corrected chi connectivity index (χ3v) is 2.69. The number of nitrogens with one attached hydrogen (secondary N) is 1. The van der Waals surface area contributed by atoms with Gasteiger partial charge in [0.2, 0.25) is 0 Å². The van der Waals surface area contributed by atoms with E-state index in [4.69, 9.17) is 5.11 Å². The van der Waals surface area contributed by atoms with Gasteiger partial charge in [0.05, 0.1) is 24.7 Å². The molecule has 0 aliphatic rings. The van der Waals surface area contributed by atoms with Gasteiger partial charge < -0.3 is 10.4 Å². The van der Waals surface area contributed by atoms with E-state index in [0.717, 1.165) is 44.0 Å². The molecule has 1 rings (SSSR count). The molecule has 0 spiro atoms. The number of unbranched alkanes of at least 4 members (excludes halogenated alkanes) is 1. The van der Waals surface area contributed by atoms with Crippen LogP contribution in [0.25, 0.3) is 0 Å². The summed E-state index contributed by atoms with van der Waals surface area (Å²) >= 11 is 0. The molecular weight excluding hydrogens is 228 g/mol. The van der Waals surface area contributed by atoms with Gasteiger partial charge in [-0.05, 0) is 19.9 Å². The molecule has 1 aromatic rings. The number of aromatic nitrogens is 2. The summed E-state index contributed by atoms with van der Waals surface area (Å²) in [7, 11) is 0. The molecule has 0 radical (unpaired) electrons. The highest BCUT2D eigenvalue weighted by Crippen LogP contribution is 2.05. The van der Waals surface area contributed by atoms with E-state index in [1.807, 2.05) is 6.92 Å². The molecule has 0 saturated heterocycles. The molecular formula is C13H24N4O. The summed E-state index contributed by atoms with van der Waals surface area (Å²) in [5, 5.41) is 12.2. The van der Waals surface area contributed by atoms with Crippen LogP contribution < -0.4 is 5.32 Å². The van der Waals surface area contributed by atoms with Crippen molar-refractivity contribution in [1.82, 2.24) is 14.9 Å². The Balaban J connectivity index is 2.51. The minimum atomic E-state index is 0.187. The summed E-state index contributed by atoms with van der Waals surface area (Å²) < 4.78 is 0. The minimum Gasteiger partial charge on any atom is -0.395 e. The molecule has 0 saturated carbocycles. The smallest absolute Gasteiger partial charge is 0.144 e. The normalized spacial score (nSPS) is 10.9. The monoisotopic (exact) mass is 252 g/mol. The Bertz CT molecular complexity index is 315. The molecule has 5 nitrogen and oxygen atoms in total. The molecule has 1 heterocycles. The second kappa shape index (κ2) is 8.83. The van der Waals surface area contributed by atoms with Gasteiger partial charge in [0.25, 0.3) is 0 Å². The van der Waals surface area contributed by atoms with Crippen LogP contribution in [0.4, 0.5) is 5.82 Å². The molecule has 1 aromatic heterocycles. The number of hydrogen-bond acceptors (Lipinski definition) is 5. The first kappa shape index (κ1) is 14.9. The lowest BCUT2D eigenvalue weighted by atomic mass is 10.3. The highest BCUT2D eigenvalue weighted by molar-refractivity contribution is 5.30. The summed E-state index contributed by atoms with van der Waals surface area (Å²) in [5.41, 5.74) is 0.946. The number of hydrogen-bond donors (Lipinski definition) is 2. The summed E-state index contributed by atoms with van der Waals surface area (Å²) in [5.74, 6) is 0.809. The standard InChI is InChI=1S/C13H24N4O/c1-3-5-6-17(7-8-18)11-12-9-16-13(10-15-12)14-4-2/h9-10,18H,3-8,11H2,1-2H3,(H,14,16). The second-order valence-corrected chi connectivity index (χ2v) is 4.28. The lowest BCUT2D eigenvalue weighted by molar-refractivity contribution is 0.187. The van der Waals surface area contributed by atoms with Gasteiger partial charge in [-0.25, -0.2) is 4.98 Å². The van der Waals surface area contributed by atoms with Crippen molar-refractivity contribution in [3.05, 3.63) is 18.1 Å². The van der Waals surface area contributed by atoms with Crippen LogP contribution in [-0.2, 0) is 6.54 Å². The maximum Gasteiger partial charge on any atom is 0.144 e. The molecule has 5 heteroatoms. The number of anilines is 1. The highest BCUT2D eigenvalue weighted by Gasteiger charge is 2.06. The number of aliphatic hydroxyl groups is 1. The van der Waals surface area contributed by atoms with E-state index in [-0.39, 0.29) is 6.61 Å². The molecule has 0 aromatic carbocycles. The van der Waals surface area contributed by atoms with Crippen LogP contribution in [0, 0.1) is 0 Å². The van der Waals surface area contributed by atoms with Gasteiger partial charge in [-0.3, -0.25) is 9.88 Å². The average Bonchev–Trinajstić information content (AvgIpc) is 2.39. The Hall–Kier alpha value is -1.20. The Morgan fingerprint density at radius 1 is 1.22 bits per heavy atom. The number of aliphatic hydroxyl groups excluding tert-OH is 1. The van der Waals surface area contributed by atoms with Crippen molar-refractivity contribution in [2.45, 2.75) is 33.2 Å². The van der Waals surface area contributed by atoms with Crippen molar-refractivity contribution >= 4 is 5.82 Å². The van der Waals surface area contributed by atoms with Crippen LogP contribution in [0.3, 0.4) is 0 Å². The van der Waals surface area contributed by atoms with Gasteiger partial charge in [0.15, 0.2) is 0 Å². The first-order valence-electron chi connectivity index (χ1n) is 6.68. The molecule has 0 aliphatic heterocycles. The summed E-state index contributed by atoms with van der Waals surface area (Å²) in [6.07, 6.45) is 5.86. The lowest BCUT2D eigenvalue weighted by Gasteiger charge is -2.20. The molecule has 0 bridgehead atoms.